The maximum atomic E-state index is 12.2. The average molecular weight is 336 g/mol. The summed E-state index contributed by atoms with van der Waals surface area (Å²) in [5, 5.41) is 10.7. The summed E-state index contributed by atoms with van der Waals surface area (Å²) in [5.74, 6) is 0.962. The first-order valence-electron chi connectivity index (χ1n) is 8.15. The summed E-state index contributed by atoms with van der Waals surface area (Å²) >= 11 is 0. The fourth-order valence-electron chi connectivity index (χ4n) is 2.39. The van der Waals surface area contributed by atoms with E-state index in [0.29, 0.717) is 11.5 Å². The van der Waals surface area contributed by atoms with Gasteiger partial charge in [-0.15, -0.1) is 0 Å². The van der Waals surface area contributed by atoms with Crippen molar-refractivity contribution in [3.8, 4) is 0 Å². The van der Waals surface area contributed by atoms with Gasteiger partial charge in [0.05, 0.1) is 0 Å². The predicted molar refractivity (Wildman–Crippen MR) is 99.9 cm³/mol. The molecular weight excluding hydrogens is 316 g/mol. The van der Waals surface area contributed by atoms with Gasteiger partial charge < -0.3 is 10.6 Å². The molecule has 0 spiro atoms. The van der Waals surface area contributed by atoms with Gasteiger partial charge in [-0.05, 0) is 36.9 Å². The lowest BCUT2D eigenvalue weighted by Crippen LogP contribution is -2.21. The highest BCUT2D eigenvalue weighted by Crippen LogP contribution is 2.18. The summed E-state index contributed by atoms with van der Waals surface area (Å²) in [6.07, 6.45) is 4.49. The SMILES string of the molecule is CCCNc1cc(C)nc(NC(=O)Nc2ccc3cnccc3c2)n1. The number of hydrogen-bond donors (Lipinski definition) is 3. The number of rotatable bonds is 5. The van der Waals surface area contributed by atoms with Crippen LogP contribution in [-0.4, -0.2) is 27.5 Å². The predicted octanol–water partition coefficient (Wildman–Crippen LogP) is 3.80. The highest BCUT2D eigenvalue weighted by Gasteiger charge is 2.07. The monoisotopic (exact) mass is 336 g/mol. The van der Waals surface area contributed by atoms with E-state index in [2.05, 4.69) is 37.8 Å². The van der Waals surface area contributed by atoms with Crippen LogP contribution in [0, 0.1) is 6.92 Å². The topological polar surface area (TPSA) is 91.8 Å². The zero-order valence-electron chi connectivity index (χ0n) is 14.2. The number of hydrogen-bond acceptors (Lipinski definition) is 5. The van der Waals surface area contributed by atoms with Crippen molar-refractivity contribution in [1.82, 2.24) is 15.0 Å². The molecule has 1 aromatic carbocycles. The fourth-order valence-corrected chi connectivity index (χ4v) is 2.39. The second-order valence-corrected chi connectivity index (χ2v) is 5.66. The Morgan fingerprint density at radius 3 is 2.80 bits per heavy atom. The first kappa shape index (κ1) is 16.6. The number of urea groups is 1. The summed E-state index contributed by atoms with van der Waals surface area (Å²) < 4.78 is 0. The molecule has 3 aromatic rings. The molecule has 0 aliphatic rings. The molecule has 3 N–H and O–H groups in total. The van der Waals surface area contributed by atoms with Crippen molar-refractivity contribution in [2.75, 3.05) is 22.5 Å². The van der Waals surface area contributed by atoms with Gasteiger partial charge in [-0.3, -0.25) is 10.3 Å². The number of nitrogens with one attached hydrogen (secondary N) is 3. The van der Waals surface area contributed by atoms with Crippen molar-refractivity contribution < 1.29 is 4.79 Å². The molecule has 25 heavy (non-hydrogen) atoms. The molecule has 0 saturated carbocycles. The van der Waals surface area contributed by atoms with Crippen LogP contribution in [0.2, 0.25) is 0 Å². The number of pyridine rings is 1. The summed E-state index contributed by atoms with van der Waals surface area (Å²) in [6.45, 7) is 4.75. The van der Waals surface area contributed by atoms with Crippen molar-refractivity contribution >= 4 is 34.3 Å². The van der Waals surface area contributed by atoms with Crippen LogP contribution >= 0.6 is 0 Å². The van der Waals surface area contributed by atoms with E-state index in [1.54, 1.807) is 12.4 Å². The number of amides is 2. The quantitative estimate of drug-likeness (QED) is 0.659. The Balaban J connectivity index is 1.70. The van der Waals surface area contributed by atoms with Gasteiger partial charge in [-0.25, -0.2) is 9.78 Å². The standard InChI is InChI=1S/C18H20N6O/c1-3-7-20-16-9-12(2)21-17(23-16)24-18(25)22-15-5-4-14-11-19-8-6-13(14)10-15/h4-6,8-11H,3,7H2,1-2H3,(H3,20,21,22,23,24,25). The zero-order chi connectivity index (χ0) is 17.6. The zero-order valence-corrected chi connectivity index (χ0v) is 14.2. The van der Waals surface area contributed by atoms with Gasteiger partial charge in [-0.2, -0.15) is 4.98 Å². The molecule has 0 saturated heterocycles. The van der Waals surface area contributed by atoms with Crippen LogP contribution in [0.1, 0.15) is 19.0 Å². The van der Waals surface area contributed by atoms with Crippen molar-refractivity contribution in [2.45, 2.75) is 20.3 Å². The Morgan fingerprint density at radius 2 is 1.96 bits per heavy atom. The Bertz CT molecular complexity index is 896. The van der Waals surface area contributed by atoms with Gasteiger partial charge in [-0.1, -0.05) is 13.0 Å². The van der Waals surface area contributed by atoms with E-state index in [4.69, 9.17) is 0 Å². The van der Waals surface area contributed by atoms with Gasteiger partial charge in [0.25, 0.3) is 0 Å². The number of fused-ring (bicyclic) bond motifs is 1. The van der Waals surface area contributed by atoms with Crippen LogP contribution in [-0.2, 0) is 0 Å². The van der Waals surface area contributed by atoms with Gasteiger partial charge in [0.15, 0.2) is 0 Å². The molecule has 2 heterocycles. The smallest absolute Gasteiger partial charge is 0.326 e. The lowest BCUT2D eigenvalue weighted by Gasteiger charge is -2.10. The minimum absolute atomic E-state index is 0.265. The minimum atomic E-state index is -0.388. The third kappa shape index (κ3) is 4.41. The first-order chi connectivity index (χ1) is 12.1. The highest BCUT2D eigenvalue weighted by atomic mass is 16.2. The largest absolute Gasteiger partial charge is 0.370 e. The molecule has 3 rings (SSSR count). The van der Waals surface area contributed by atoms with Crippen molar-refractivity contribution in [3.05, 3.63) is 48.4 Å². The van der Waals surface area contributed by atoms with Crippen molar-refractivity contribution in [1.29, 1.82) is 0 Å². The van der Waals surface area contributed by atoms with Crippen molar-refractivity contribution in [3.63, 3.8) is 0 Å². The minimum Gasteiger partial charge on any atom is -0.370 e. The second-order valence-electron chi connectivity index (χ2n) is 5.66. The number of aromatic nitrogens is 3. The van der Waals surface area contributed by atoms with Gasteiger partial charge >= 0.3 is 6.03 Å². The van der Waals surface area contributed by atoms with Crippen LogP contribution in [0.3, 0.4) is 0 Å². The van der Waals surface area contributed by atoms with Crippen LogP contribution in [0.15, 0.2) is 42.7 Å². The molecule has 0 radical (unpaired) electrons. The van der Waals surface area contributed by atoms with E-state index in [1.165, 1.54) is 0 Å². The molecule has 0 bridgehead atoms. The molecule has 7 nitrogen and oxygen atoms in total. The van der Waals surface area contributed by atoms with E-state index < -0.39 is 0 Å². The van der Waals surface area contributed by atoms with Crippen LogP contribution in [0.4, 0.5) is 22.2 Å². The third-order valence-electron chi connectivity index (χ3n) is 3.53. The van der Waals surface area contributed by atoms with Gasteiger partial charge in [0, 0.05) is 41.8 Å². The number of benzene rings is 1. The third-order valence-corrected chi connectivity index (χ3v) is 3.53. The Morgan fingerprint density at radius 1 is 1.08 bits per heavy atom. The van der Waals surface area contributed by atoms with E-state index in [1.807, 2.05) is 37.3 Å². The number of aryl methyl sites for hydroxylation is 1. The second kappa shape index (κ2) is 7.57. The normalized spacial score (nSPS) is 10.5. The fraction of sp³-hybridized carbons (Fsp3) is 0.222. The average Bonchev–Trinajstić information content (AvgIpc) is 2.59. The molecular formula is C18H20N6O. The molecule has 0 fully saturated rings. The van der Waals surface area contributed by atoms with Crippen LogP contribution < -0.4 is 16.0 Å². The van der Waals surface area contributed by atoms with E-state index >= 15 is 0 Å². The molecule has 0 atom stereocenters. The van der Waals surface area contributed by atoms with E-state index in [-0.39, 0.29) is 12.0 Å². The maximum Gasteiger partial charge on any atom is 0.326 e. The summed E-state index contributed by atoms with van der Waals surface area (Å²) in [5.41, 5.74) is 1.47. The Labute approximate surface area is 145 Å². The Hall–Kier alpha value is -3.22. The van der Waals surface area contributed by atoms with Gasteiger partial charge in [0.1, 0.15) is 5.82 Å². The molecule has 2 amide bonds. The summed E-state index contributed by atoms with van der Waals surface area (Å²) in [7, 11) is 0. The molecule has 0 unspecified atom stereocenters. The first-order valence-corrected chi connectivity index (χ1v) is 8.15. The van der Waals surface area contributed by atoms with Crippen LogP contribution in [0.5, 0.6) is 0 Å². The number of nitrogens with zero attached hydrogens (tertiary/aromatic N) is 3. The lowest BCUT2D eigenvalue weighted by atomic mass is 10.1. The number of anilines is 3. The number of carbonyl (C=O) groups excluding carboxylic acids is 1. The maximum absolute atomic E-state index is 12.2. The summed E-state index contributed by atoms with van der Waals surface area (Å²) in [4.78, 5) is 24.8. The van der Waals surface area contributed by atoms with E-state index in [0.717, 1.165) is 29.4 Å². The molecule has 0 aliphatic heterocycles. The number of carbonyl (C=O) groups is 1. The lowest BCUT2D eigenvalue weighted by molar-refractivity contribution is 0.262. The summed E-state index contributed by atoms with van der Waals surface area (Å²) in [6, 6.07) is 8.98. The van der Waals surface area contributed by atoms with Gasteiger partial charge in [0.2, 0.25) is 5.95 Å². The highest BCUT2D eigenvalue weighted by molar-refractivity contribution is 6.00. The van der Waals surface area contributed by atoms with Crippen LogP contribution in [0.25, 0.3) is 10.8 Å². The molecule has 2 aromatic heterocycles. The molecule has 128 valence electrons. The Kier molecular flexibility index (Phi) is 5.03. The van der Waals surface area contributed by atoms with E-state index in [9.17, 15) is 4.79 Å². The molecule has 0 aliphatic carbocycles. The van der Waals surface area contributed by atoms with Crippen molar-refractivity contribution in [2.24, 2.45) is 0 Å². The molecule has 7 heteroatoms.